The Bertz CT molecular complexity index is 1100. The van der Waals surface area contributed by atoms with Gasteiger partial charge >= 0.3 is 0 Å². The van der Waals surface area contributed by atoms with Crippen LogP contribution in [-0.4, -0.2) is 20.9 Å². The van der Waals surface area contributed by atoms with Crippen LogP contribution in [0.1, 0.15) is 10.4 Å². The van der Waals surface area contributed by atoms with Crippen molar-refractivity contribution < 1.29 is 4.79 Å². The average Bonchev–Trinajstić information content (AvgIpc) is 2.84. The lowest BCUT2D eigenvalue weighted by Crippen LogP contribution is -2.31. The van der Waals surface area contributed by atoms with Crippen LogP contribution in [0.5, 0.6) is 0 Å². The van der Waals surface area contributed by atoms with Gasteiger partial charge in [-0.3, -0.25) is 31.1 Å². The highest BCUT2D eigenvalue weighted by molar-refractivity contribution is 5.94. The fourth-order valence-electron chi connectivity index (χ4n) is 2.81. The normalized spacial score (nSPS) is 10.2. The molecule has 31 heavy (non-hydrogen) atoms. The zero-order valence-corrected chi connectivity index (χ0v) is 16.4. The molecule has 2 aromatic carbocycles. The predicted octanol–water partition coefficient (Wildman–Crippen LogP) is 3.38. The van der Waals surface area contributed by atoms with E-state index < -0.39 is 0 Å². The van der Waals surface area contributed by atoms with Gasteiger partial charge in [-0.25, -0.2) is 9.97 Å². The Kier molecular flexibility index (Phi) is 5.85. The van der Waals surface area contributed by atoms with Crippen LogP contribution in [0.15, 0.2) is 91.5 Å². The van der Waals surface area contributed by atoms with E-state index in [0.29, 0.717) is 11.4 Å². The molecular formula is C22H20N8O. The summed E-state index contributed by atoms with van der Waals surface area (Å²) in [6, 6.07) is 22.8. The third-order valence-corrected chi connectivity index (χ3v) is 4.35. The number of nitrogens with zero attached hydrogens (tertiary/aromatic N) is 4. The van der Waals surface area contributed by atoms with Crippen molar-refractivity contribution in [2.45, 2.75) is 0 Å². The number of pyridine rings is 1. The van der Waals surface area contributed by atoms with Crippen molar-refractivity contribution in [2.24, 2.45) is 0 Å². The quantitative estimate of drug-likeness (QED) is 0.341. The van der Waals surface area contributed by atoms with Crippen LogP contribution in [0, 0.1) is 0 Å². The summed E-state index contributed by atoms with van der Waals surface area (Å²) in [6.07, 6.45) is 4.41. The second-order valence-corrected chi connectivity index (χ2v) is 6.42. The van der Waals surface area contributed by atoms with Crippen LogP contribution < -0.4 is 27.0 Å². The number of para-hydroxylation sites is 2. The number of aromatic nitrogens is 3. The number of nitrogen functional groups attached to an aromatic ring is 1. The third-order valence-electron chi connectivity index (χ3n) is 4.35. The van der Waals surface area contributed by atoms with Crippen LogP contribution in [0.25, 0.3) is 0 Å². The SMILES string of the molecule is Nc1c(NNC(=O)c2cccnc2)ncnc1NN(c1ccccc1)c1ccccc1. The number of nitrogens with one attached hydrogen (secondary N) is 3. The van der Waals surface area contributed by atoms with Crippen molar-refractivity contribution in [1.82, 2.24) is 20.4 Å². The molecule has 2 heterocycles. The molecule has 9 nitrogen and oxygen atoms in total. The summed E-state index contributed by atoms with van der Waals surface area (Å²) in [5.74, 6) is 0.271. The van der Waals surface area contributed by atoms with E-state index in [9.17, 15) is 4.79 Å². The molecule has 0 saturated carbocycles. The maximum atomic E-state index is 12.2. The molecule has 9 heteroatoms. The highest BCUT2D eigenvalue weighted by Crippen LogP contribution is 2.29. The van der Waals surface area contributed by atoms with E-state index in [2.05, 4.69) is 31.2 Å². The van der Waals surface area contributed by atoms with E-state index in [4.69, 9.17) is 5.73 Å². The molecule has 0 saturated heterocycles. The summed E-state index contributed by atoms with van der Waals surface area (Å²) in [4.78, 5) is 24.6. The van der Waals surface area contributed by atoms with E-state index in [-0.39, 0.29) is 17.4 Å². The zero-order chi connectivity index (χ0) is 21.5. The molecule has 0 atom stereocenters. The number of benzene rings is 2. The fourth-order valence-corrected chi connectivity index (χ4v) is 2.81. The number of rotatable bonds is 7. The lowest BCUT2D eigenvalue weighted by molar-refractivity contribution is 0.0962. The molecule has 4 aromatic rings. The molecule has 0 fully saturated rings. The van der Waals surface area contributed by atoms with Crippen molar-refractivity contribution in [3.8, 4) is 0 Å². The van der Waals surface area contributed by atoms with Gasteiger partial charge in [-0.15, -0.1) is 0 Å². The van der Waals surface area contributed by atoms with Gasteiger partial charge in [0, 0.05) is 12.4 Å². The standard InChI is InChI=1S/C22H20N8O/c23-19-20(27-28-22(31)16-8-7-13-24-14-16)25-15-26-21(19)29-30(17-9-3-1-4-10-17)18-11-5-2-6-12-18/h1-15H,23H2,(H,28,31)(H2,25,26,27,29). The van der Waals surface area contributed by atoms with E-state index in [1.165, 1.54) is 12.5 Å². The Labute approximate surface area is 178 Å². The molecule has 4 rings (SSSR count). The van der Waals surface area contributed by atoms with Gasteiger partial charge in [0.1, 0.15) is 12.0 Å². The zero-order valence-electron chi connectivity index (χ0n) is 16.4. The van der Waals surface area contributed by atoms with Gasteiger partial charge < -0.3 is 5.73 Å². The molecule has 154 valence electrons. The molecule has 0 radical (unpaired) electrons. The Morgan fingerprint density at radius 3 is 2.10 bits per heavy atom. The van der Waals surface area contributed by atoms with Gasteiger partial charge in [0.05, 0.1) is 16.9 Å². The Hall–Kier alpha value is -4.66. The molecule has 5 N–H and O–H groups in total. The number of hydrogen-bond donors (Lipinski definition) is 4. The third kappa shape index (κ3) is 4.67. The molecule has 0 spiro atoms. The summed E-state index contributed by atoms with van der Waals surface area (Å²) in [6.45, 7) is 0. The predicted molar refractivity (Wildman–Crippen MR) is 120 cm³/mol. The minimum atomic E-state index is -0.365. The van der Waals surface area contributed by atoms with Gasteiger partial charge in [0.2, 0.25) is 0 Å². The first kappa shape index (κ1) is 19.6. The first-order valence-corrected chi connectivity index (χ1v) is 9.46. The summed E-state index contributed by atoms with van der Waals surface area (Å²) < 4.78 is 0. The minimum Gasteiger partial charge on any atom is -0.393 e. The van der Waals surface area contributed by atoms with Crippen molar-refractivity contribution in [2.75, 3.05) is 21.6 Å². The number of carbonyl (C=O) groups excluding carboxylic acids is 1. The first-order chi connectivity index (χ1) is 15.2. The second kappa shape index (κ2) is 9.23. The largest absolute Gasteiger partial charge is 0.393 e. The van der Waals surface area contributed by atoms with Gasteiger partial charge in [0.15, 0.2) is 11.6 Å². The second-order valence-electron chi connectivity index (χ2n) is 6.42. The van der Waals surface area contributed by atoms with Gasteiger partial charge in [0.25, 0.3) is 5.91 Å². The van der Waals surface area contributed by atoms with E-state index in [1.807, 2.05) is 65.7 Å². The number of amides is 1. The minimum absolute atomic E-state index is 0.242. The van der Waals surface area contributed by atoms with Crippen molar-refractivity contribution in [3.63, 3.8) is 0 Å². The van der Waals surface area contributed by atoms with Crippen molar-refractivity contribution in [3.05, 3.63) is 97.1 Å². The van der Waals surface area contributed by atoms with Crippen LogP contribution in [-0.2, 0) is 0 Å². The molecule has 0 aliphatic carbocycles. The lowest BCUT2D eigenvalue weighted by Gasteiger charge is -2.26. The number of hydrazine groups is 2. The molecule has 1 amide bonds. The Balaban J connectivity index is 1.56. The molecule has 0 aliphatic heterocycles. The highest BCUT2D eigenvalue weighted by atomic mass is 16.2. The van der Waals surface area contributed by atoms with Crippen LogP contribution in [0.3, 0.4) is 0 Å². The molecule has 0 unspecified atom stereocenters. The molecule has 2 aromatic heterocycles. The van der Waals surface area contributed by atoms with Gasteiger partial charge in [-0.05, 0) is 36.4 Å². The molecule has 0 bridgehead atoms. The maximum absolute atomic E-state index is 12.2. The van der Waals surface area contributed by atoms with Crippen LogP contribution in [0.2, 0.25) is 0 Å². The van der Waals surface area contributed by atoms with Crippen molar-refractivity contribution >= 4 is 34.6 Å². The first-order valence-electron chi connectivity index (χ1n) is 9.46. The molecule has 0 aliphatic rings. The van der Waals surface area contributed by atoms with E-state index in [1.54, 1.807) is 18.3 Å². The van der Waals surface area contributed by atoms with Crippen molar-refractivity contribution in [1.29, 1.82) is 0 Å². The smallest absolute Gasteiger partial charge is 0.271 e. The van der Waals surface area contributed by atoms with Gasteiger partial charge in [-0.1, -0.05) is 36.4 Å². The molecular weight excluding hydrogens is 392 g/mol. The lowest BCUT2D eigenvalue weighted by atomic mass is 10.2. The topological polar surface area (TPSA) is 121 Å². The highest BCUT2D eigenvalue weighted by Gasteiger charge is 2.15. The fraction of sp³-hybridized carbons (Fsp3) is 0. The summed E-state index contributed by atoms with van der Waals surface area (Å²) >= 11 is 0. The summed E-state index contributed by atoms with van der Waals surface area (Å²) in [5, 5.41) is 1.86. The monoisotopic (exact) mass is 412 g/mol. The average molecular weight is 412 g/mol. The van der Waals surface area contributed by atoms with E-state index >= 15 is 0 Å². The Morgan fingerprint density at radius 2 is 1.48 bits per heavy atom. The van der Waals surface area contributed by atoms with E-state index in [0.717, 1.165) is 11.4 Å². The number of anilines is 5. The number of hydrogen-bond acceptors (Lipinski definition) is 8. The number of carbonyl (C=O) groups is 1. The maximum Gasteiger partial charge on any atom is 0.271 e. The number of nitrogens with two attached hydrogens (primary N) is 1. The van der Waals surface area contributed by atoms with Crippen LogP contribution in [0.4, 0.5) is 28.7 Å². The summed E-state index contributed by atoms with van der Waals surface area (Å²) in [7, 11) is 0. The van der Waals surface area contributed by atoms with Crippen LogP contribution >= 0.6 is 0 Å². The summed E-state index contributed by atoms with van der Waals surface area (Å²) in [5.41, 5.74) is 17.2. The van der Waals surface area contributed by atoms with Gasteiger partial charge in [-0.2, -0.15) is 0 Å². The Morgan fingerprint density at radius 1 is 0.839 bits per heavy atom.